The first-order valence-corrected chi connectivity index (χ1v) is 18.1. The molecule has 4 aromatic rings. The highest BCUT2D eigenvalue weighted by Gasteiger charge is 2.50. The maximum absolute atomic E-state index is 14.2. The second-order valence-corrected chi connectivity index (χ2v) is 14.6. The number of benzene rings is 3. The standard InChI is InChI=1S/C43H48O9/c1-26(2)31-18-17-28-11-14-29(15-12-28)23-30(16-13-27-9-7-6-8-10-27)24-36(45)49-39-37-35(52-43(3,4)40(39)51-41(31)46)20-19-32-34(25-44)33(21-22-48-5)42(47)50-38(32)37/h6-12,14-15,19-20,30,39-40,44H,13,16-18,21-25H2,1-5H3/t30-,39+,40+/m1/s1. The molecule has 1 N–H and O–H groups in total. The molecule has 7 rings (SSSR count). The van der Waals surface area contributed by atoms with Gasteiger partial charge in [-0.1, -0.05) is 60.2 Å². The monoisotopic (exact) mass is 708 g/mol. The zero-order chi connectivity index (χ0) is 37.0. The van der Waals surface area contributed by atoms with E-state index in [0.717, 1.165) is 29.5 Å². The van der Waals surface area contributed by atoms with Crippen LogP contribution in [0.1, 0.15) is 86.4 Å². The topological polar surface area (TPSA) is 122 Å². The lowest BCUT2D eigenvalue weighted by atomic mass is 9.86. The summed E-state index contributed by atoms with van der Waals surface area (Å²) in [5.41, 5.74) is 4.04. The van der Waals surface area contributed by atoms with Gasteiger partial charge in [0.2, 0.25) is 0 Å². The van der Waals surface area contributed by atoms with Gasteiger partial charge in [0.05, 0.1) is 18.8 Å². The Morgan fingerprint density at radius 3 is 2.29 bits per heavy atom. The van der Waals surface area contributed by atoms with Crippen LogP contribution in [0.2, 0.25) is 0 Å². The van der Waals surface area contributed by atoms with Gasteiger partial charge in [0.25, 0.3) is 0 Å². The van der Waals surface area contributed by atoms with E-state index in [-0.39, 0.29) is 36.5 Å². The number of aliphatic hydroxyl groups is 1. The van der Waals surface area contributed by atoms with Crippen LogP contribution in [0, 0.1) is 5.92 Å². The molecule has 0 unspecified atom stereocenters. The predicted octanol–water partition coefficient (Wildman–Crippen LogP) is 7.31. The smallest absolute Gasteiger partial charge is 0.339 e. The summed E-state index contributed by atoms with van der Waals surface area (Å²) in [6.07, 6.45) is 1.38. The molecule has 3 aliphatic rings. The molecule has 3 atom stereocenters. The molecule has 2 bridgehead atoms. The van der Waals surface area contributed by atoms with Crippen molar-refractivity contribution < 1.29 is 38.1 Å². The van der Waals surface area contributed by atoms with E-state index in [1.165, 1.54) is 12.7 Å². The van der Waals surface area contributed by atoms with Crippen LogP contribution in [0.25, 0.3) is 11.0 Å². The third-order valence-corrected chi connectivity index (χ3v) is 10.3. The number of rotatable bonds is 7. The highest BCUT2D eigenvalue weighted by Crippen LogP contribution is 2.47. The summed E-state index contributed by atoms with van der Waals surface area (Å²) in [5, 5.41) is 11.0. The van der Waals surface area contributed by atoms with E-state index >= 15 is 0 Å². The maximum Gasteiger partial charge on any atom is 0.339 e. The summed E-state index contributed by atoms with van der Waals surface area (Å²) < 4.78 is 30.4. The number of methoxy groups -OCH3 is 1. The Bertz CT molecular complexity index is 2000. The third-order valence-electron chi connectivity index (χ3n) is 10.3. The highest BCUT2D eigenvalue weighted by atomic mass is 16.6. The molecule has 0 amide bonds. The lowest BCUT2D eigenvalue weighted by Gasteiger charge is -2.43. The first-order chi connectivity index (χ1) is 25.0. The molecule has 9 heteroatoms. The molecule has 0 radical (unpaired) electrons. The van der Waals surface area contributed by atoms with E-state index in [1.807, 2.05) is 32.0 Å². The highest BCUT2D eigenvalue weighted by molar-refractivity contribution is 5.90. The summed E-state index contributed by atoms with van der Waals surface area (Å²) in [6, 6.07) is 22.0. The van der Waals surface area contributed by atoms with Crippen LogP contribution in [0.5, 0.6) is 5.75 Å². The number of hydrogen-bond acceptors (Lipinski definition) is 9. The molecule has 0 saturated heterocycles. The van der Waals surface area contributed by atoms with Crippen molar-refractivity contribution >= 4 is 22.9 Å². The number of hydrogen-bond donors (Lipinski definition) is 1. The second kappa shape index (κ2) is 15.9. The third kappa shape index (κ3) is 8.01. The van der Waals surface area contributed by atoms with Crippen molar-refractivity contribution in [2.24, 2.45) is 5.92 Å². The average Bonchev–Trinajstić information content (AvgIpc) is 3.11. The summed E-state index contributed by atoms with van der Waals surface area (Å²) in [6.45, 7) is 7.15. The number of aliphatic hydroxyl groups excluding tert-OH is 1. The van der Waals surface area contributed by atoms with Gasteiger partial charge >= 0.3 is 17.6 Å². The van der Waals surface area contributed by atoms with Gasteiger partial charge in [-0.05, 0) is 100 Å². The molecule has 0 saturated carbocycles. The van der Waals surface area contributed by atoms with Gasteiger partial charge in [0, 0.05) is 36.5 Å². The summed E-state index contributed by atoms with van der Waals surface area (Å²) >= 11 is 0. The van der Waals surface area contributed by atoms with Gasteiger partial charge in [-0.2, -0.15) is 0 Å². The molecule has 4 heterocycles. The fourth-order valence-electron chi connectivity index (χ4n) is 7.45. The number of carbonyl (C=O) groups is 2. The number of esters is 2. The molecular weight excluding hydrogens is 660 g/mol. The van der Waals surface area contributed by atoms with E-state index in [1.54, 1.807) is 26.0 Å². The Labute approximate surface area is 304 Å². The van der Waals surface area contributed by atoms with Crippen LogP contribution in [0.3, 0.4) is 0 Å². The van der Waals surface area contributed by atoms with Crippen molar-refractivity contribution in [1.82, 2.24) is 0 Å². The minimum Gasteiger partial charge on any atom is -0.483 e. The molecule has 3 aromatic carbocycles. The number of allylic oxidation sites excluding steroid dienone is 1. The van der Waals surface area contributed by atoms with Crippen molar-refractivity contribution in [3.8, 4) is 5.75 Å². The average molecular weight is 709 g/mol. The number of carbonyl (C=O) groups excluding carboxylic acids is 2. The maximum atomic E-state index is 14.2. The fraction of sp³-hybridized carbons (Fsp3) is 0.419. The molecule has 9 nitrogen and oxygen atoms in total. The van der Waals surface area contributed by atoms with E-state index < -0.39 is 42.0 Å². The lowest BCUT2D eigenvalue weighted by Crippen LogP contribution is -2.52. The lowest BCUT2D eigenvalue weighted by molar-refractivity contribution is -0.188. The van der Waals surface area contributed by atoms with E-state index in [0.29, 0.717) is 47.1 Å². The molecule has 3 aliphatic heterocycles. The molecule has 1 aromatic heterocycles. The van der Waals surface area contributed by atoms with Crippen molar-refractivity contribution in [2.75, 3.05) is 13.7 Å². The minimum atomic E-state index is -1.18. The summed E-state index contributed by atoms with van der Waals surface area (Å²) in [7, 11) is 1.53. The molecule has 0 spiro atoms. The molecule has 274 valence electrons. The first kappa shape index (κ1) is 37.0. The Morgan fingerprint density at radius 2 is 1.60 bits per heavy atom. The molecule has 52 heavy (non-hydrogen) atoms. The molecule has 0 aliphatic carbocycles. The second-order valence-electron chi connectivity index (χ2n) is 14.6. The fourth-order valence-corrected chi connectivity index (χ4v) is 7.45. The Morgan fingerprint density at radius 1 is 0.865 bits per heavy atom. The van der Waals surface area contributed by atoms with Crippen LogP contribution in [-0.2, 0) is 56.1 Å². The van der Waals surface area contributed by atoms with Gasteiger partial charge < -0.3 is 28.5 Å². The summed E-state index contributed by atoms with van der Waals surface area (Å²) in [4.78, 5) is 41.8. The molecule has 0 fully saturated rings. The van der Waals surface area contributed by atoms with Gasteiger partial charge in [-0.25, -0.2) is 9.59 Å². The quantitative estimate of drug-likeness (QED) is 0.120. The largest absolute Gasteiger partial charge is 0.483 e. The van der Waals surface area contributed by atoms with Gasteiger partial charge in [0.1, 0.15) is 16.9 Å². The van der Waals surface area contributed by atoms with E-state index in [2.05, 4.69) is 36.4 Å². The van der Waals surface area contributed by atoms with Crippen molar-refractivity contribution in [3.05, 3.63) is 122 Å². The normalized spacial score (nSPS) is 20.4. The predicted molar refractivity (Wildman–Crippen MR) is 197 cm³/mol. The van der Waals surface area contributed by atoms with Crippen LogP contribution in [0.4, 0.5) is 0 Å². The molecular formula is C43H48O9. The zero-order valence-corrected chi connectivity index (χ0v) is 30.7. The van der Waals surface area contributed by atoms with Crippen LogP contribution in [-0.4, -0.2) is 42.5 Å². The summed E-state index contributed by atoms with van der Waals surface area (Å²) in [5.74, 6) is -0.726. The Balaban J connectivity index is 1.47. The SMILES string of the molecule is COCCc1c(CO)c2ccc3c(c2oc1=O)[C@@H]1OC(=O)C[C@H](CCc2ccccc2)Cc2ccc(cc2)CCC(=C(C)C)C(=O)O[C@@H]1C(C)(C)O3. The van der Waals surface area contributed by atoms with Gasteiger partial charge in [0.15, 0.2) is 12.2 Å². The van der Waals surface area contributed by atoms with Crippen LogP contribution in [0.15, 0.2) is 87.1 Å². The minimum absolute atomic E-state index is 0.0492. The number of aryl methyl sites for hydroxylation is 2. The van der Waals surface area contributed by atoms with E-state index in [4.69, 9.17) is 23.4 Å². The Hall–Kier alpha value is -4.73. The van der Waals surface area contributed by atoms with Crippen molar-refractivity contribution in [2.45, 2.75) is 97.1 Å². The Kier molecular flexibility index (Phi) is 11.3. The number of ether oxygens (including phenoxy) is 4. The van der Waals surface area contributed by atoms with E-state index in [9.17, 15) is 19.5 Å². The van der Waals surface area contributed by atoms with Crippen LogP contribution >= 0.6 is 0 Å². The van der Waals surface area contributed by atoms with Crippen molar-refractivity contribution in [3.63, 3.8) is 0 Å². The number of fused-ring (bicyclic) bond motifs is 13. The first-order valence-electron chi connectivity index (χ1n) is 18.1. The van der Waals surface area contributed by atoms with Crippen LogP contribution < -0.4 is 10.4 Å². The van der Waals surface area contributed by atoms with Gasteiger partial charge in [-0.15, -0.1) is 0 Å². The zero-order valence-electron chi connectivity index (χ0n) is 30.7. The van der Waals surface area contributed by atoms with Gasteiger partial charge in [-0.3, -0.25) is 4.79 Å². The van der Waals surface area contributed by atoms with Crippen molar-refractivity contribution in [1.29, 1.82) is 0 Å².